The van der Waals surface area contributed by atoms with E-state index in [1.54, 1.807) is 0 Å². The first-order valence-electron chi connectivity index (χ1n) is 7.34. The van der Waals surface area contributed by atoms with Crippen molar-refractivity contribution in [2.75, 3.05) is 0 Å². The van der Waals surface area contributed by atoms with Crippen LogP contribution in [0, 0.1) is 0 Å². The summed E-state index contributed by atoms with van der Waals surface area (Å²) < 4.78 is 0. The Kier molecular flexibility index (Phi) is 4.02. The van der Waals surface area contributed by atoms with Gasteiger partial charge in [0.1, 0.15) is 6.04 Å². The molecule has 0 bridgehead atoms. The number of hydrogen-bond acceptors (Lipinski definition) is 2. The minimum atomic E-state index is -0.819. The summed E-state index contributed by atoms with van der Waals surface area (Å²) in [7, 11) is 0. The van der Waals surface area contributed by atoms with Gasteiger partial charge in [0.25, 0.3) is 0 Å². The van der Waals surface area contributed by atoms with Gasteiger partial charge in [-0.1, -0.05) is 54.6 Å². The average molecular weight is 281 g/mol. The fourth-order valence-corrected chi connectivity index (χ4v) is 3.03. The predicted octanol–water partition coefficient (Wildman–Crippen LogP) is 2.96. The van der Waals surface area contributed by atoms with Gasteiger partial charge < -0.3 is 5.11 Å². The molecule has 0 fully saturated rings. The van der Waals surface area contributed by atoms with E-state index in [2.05, 4.69) is 23.5 Å². The first-order chi connectivity index (χ1) is 10.2. The van der Waals surface area contributed by atoms with Gasteiger partial charge in [0.05, 0.1) is 0 Å². The summed E-state index contributed by atoms with van der Waals surface area (Å²) in [5, 5.41) is 12.8. The zero-order valence-electron chi connectivity index (χ0n) is 11.8. The van der Waals surface area contributed by atoms with E-state index in [1.807, 2.05) is 36.4 Å². The van der Waals surface area contributed by atoms with Gasteiger partial charge >= 0.3 is 5.97 Å². The third kappa shape index (κ3) is 3.14. The van der Waals surface area contributed by atoms with Crippen LogP contribution in [-0.2, 0) is 17.6 Å². The third-order valence-corrected chi connectivity index (χ3v) is 4.13. The number of aryl methyl sites for hydroxylation is 1. The SMILES string of the molecule is O=C(O)C(NC1CCc2ccccc2C1)c1ccccc1. The molecule has 2 N–H and O–H groups in total. The maximum atomic E-state index is 11.6. The first kappa shape index (κ1) is 13.8. The Hall–Kier alpha value is -2.13. The molecule has 3 rings (SSSR count). The number of hydrogen-bond donors (Lipinski definition) is 2. The number of carboxylic acids is 1. The molecule has 0 radical (unpaired) electrons. The first-order valence-corrected chi connectivity index (χ1v) is 7.34. The van der Waals surface area contributed by atoms with Crippen LogP contribution in [-0.4, -0.2) is 17.1 Å². The van der Waals surface area contributed by atoms with Gasteiger partial charge in [0.2, 0.25) is 0 Å². The number of carboxylic acid groups (broad SMARTS) is 1. The van der Waals surface area contributed by atoms with Gasteiger partial charge in [-0.2, -0.15) is 0 Å². The molecule has 0 aliphatic heterocycles. The second-order valence-electron chi connectivity index (χ2n) is 5.56. The Labute approximate surface area is 124 Å². The summed E-state index contributed by atoms with van der Waals surface area (Å²) in [5.41, 5.74) is 3.53. The number of rotatable bonds is 4. The number of aliphatic carboxylic acids is 1. The summed E-state index contributed by atoms with van der Waals surface area (Å²) in [4.78, 5) is 11.6. The predicted molar refractivity (Wildman–Crippen MR) is 82.2 cm³/mol. The third-order valence-electron chi connectivity index (χ3n) is 4.13. The van der Waals surface area contributed by atoms with Crippen LogP contribution in [0.1, 0.15) is 29.2 Å². The molecule has 0 amide bonds. The van der Waals surface area contributed by atoms with Crippen LogP contribution in [0.2, 0.25) is 0 Å². The average Bonchev–Trinajstić information content (AvgIpc) is 2.53. The van der Waals surface area contributed by atoms with E-state index in [9.17, 15) is 9.90 Å². The van der Waals surface area contributed by atoms with Crippen molar-refractivity contribution in [3.05, 3.63) is 71.3 Å². The highest BCUT2D eigenvalue weighted by Crippen LogP contribution is 2.23. The fourth-order valence-electron chi connectivity index (χ4n) is 3.03. The van der Waals surface area contributed by atoms with Crippen LogP contribution in [0.3, 0.4) is 0 Å². The van der Waals surface area contributed by atoms with Crippen molar-refractivity contribution >= 4 is 5.97 Å². The van der Waals surface area contributed by atoms with Crippen LogP contribution >= 0.6 is 0 Å². The molecule has 2 unspecified atom stereocenters. The van der Waals surface area contributed by atoms with Crippen LogP contribution < -0.4 is 5.32 Å². The summed E-state index contributed by atoms with van der Waals surface area (Å²) in [6, 6.07) is 17.4. The molecule has 0 saturated heterocycles. The van der Waals surface area contributed by atoms with E-state index in [0.29, 0.717) is 0 Å². The number of nitrogens with one attached hydrogen (secondary N) is 1. The largest absolute Gasteiger partial charge is 0.480 e. The molecule has 0 aromatic heterocycles. The summed E-state index contributed by atoms with van der Waals surface area (Å²) in [6.45, 7) is 0. The maximum absolute atomic E-state index is 11.6. The molecule has 21 heavy (non-hydrogen) atoms. The van der Waals surface area contributed by atoms with Crippen LogP contribution in [0.15, 0.2) is 54.6 Å². The second-order valence-corrected chi connectivity index (χ2v) is 5.56. The molecule has 108 valence electrons. The number of fused-ring (bicyclic) bond motifs is 1. The van der Waals surface area contributed by atoms with Crippen molar-refractivity contribution < 1.29 is 9.90 Å². The number of benzene rings is 2. The molecule has 3 nitrogen and oxygen atoms in total. The Morgan fingerprint density at radius 1 is 1.05 bits per heavy atom. The molecular weight excluding hydrogens is 262 g/mol. The van der Waals surface area contributed by atoms with Crippen LogP contribution in [0.5, 0.6) is 0 Å². The minimum Gasteiger partial charge on any atom is -0.480 e. The molecule has 2 aromatic rings. The van der Waals surface area contributed by atoms with E-state index in [0.717, 1.165) is 24.8 Å². The zero-order chi connectivity index (χ0) is 14.7. The van der Waals surface area contributed by atoms with Crippen molar-refractivity contribution in [2.24, 2.45) is 0 Å². The van der Waals surface area contributed by atoms with Crippen LogP contribution in [0.25, 0.3) is 0 Å². The number of carbonyl (C=O) groups is 1. The van der Waals surface area contributed by atoms with Crippen molar-refractivity contribution in [1.82, 2.24) is 5.32 Å². The molecule has 2 aromatic carbocycles. The molecule has 0 heterocycles. The summed E-state index contributed by atoms with van der Waals surface area (Å²) >= 11 is 0. The summed E-state index contributed by atoms with van der Waals surface area (Å²) in [5.74, 6) is -0.819. The highest BCUT2D eigenvalue weighted by Gasteiger charge is 2.25. The maximum Gasteiger partial charge on any atom is 0.325 e. The molecule has 0 spiro atoms. The zero-order valence-corrected chi connectivity index (χ0v) is 11.8. The molecular formula is C18H19NO2. The monoisotopic (exact) mass is 281 g/mol. The summed E-state index contributed by atoms with van der Waals surface area (Å²) in [6.07, 6.45) is 2.88. The Balaban J connectivity index is 1.75. The van der Waals surface area contributed by atoms with Gasteiger partial charge in [-0.05, 0) is 36.0 Å². The van der Waals surface area contributed by atoms with Crippen LogP contribution in [0.4, 0.5) is 0 Å². The van der Waals surface area contributed by atoms with E-state index in [-0.39, 0.29) is 6.04 Å². The minimum absolute atomic E-state index is 0.209. The normalized spacial score (nSPS) is 18.8. The fraction of sp³-hybridized carbons (Fsp3) is 0.278. The lowest BCUT2D eigenvalue weighted by molar-refractivity contribution is -0.139. The van der Waals surface area contributed by atoms with Gasteiger partial charge in [-0.15, -0.1) is 0 Å². The van der Waals surface area contributed by atoms with Crippen molar-refractivity contribution in [2.45, 2.75) is 31.3 Å². The van der Waals surface area contributed by atoms with E-state index < -0.39 is 12.0 Å². The molecule has 1 aliphatic carbocycles. The molecule has 1 aliphatic rings. The van der Waals surface area contributed by atoms with Gasteiger partial charge in [0, 0.05) is 6.04 Å². The molecule has 2 atom stereocenters. The second kappa shape index (κ2) is 6.10. The van der Waals surface area contributed by atoms with E-state index in [1.165, 1.54) is 11.1 Å². The highest BCUT2D eigenvalue weighted by molar-refractivity contribution is 5.75. The topological polar surface area (TPSA) is 49.3 Å². The lowest BCUT2D eigenvalue weighted by atomic mass is 9.87. The van der Waals surface area contributed by atoms with E-state index >= 15 is 0 Å². The van der Waals surface area contributed by atoms with Crippen molar-refractivity contribution in [1.29, 1.82) is 0 Å². The van der Waals surface area contributed by atoms with E-state index in [4.69, 9.17) is 0 Å². The molecule has 3 heteroatoms. The van der Waals surface area contributed by atoms with Crippen molar-refractivity contribution in [3.63, 3.8) is 0 Å². The van der Waals surface area contributed by atoms with Gasteiger partial charge in [0.15, 0.2) is 0 Å². The lowest BCUT2D eigenvalue weighted by Gasteiger charge is -2.28. The Morgan fingerprint density at radius 3 is 2.43 bits per heavy atom. The lowest BCUT2D eigenvalue weighted by Crippen LogP contribution is -2.40. The van der Waals surface area contributed by atoms with Crippen molar-refractivity contribution in [3.8, 4) is 0 Å². The Morgan fingerprint density at radius 2 is 1.71 bits per heavy atom. The quantitative estimate of drug-likeness (QED) is 0.906. The van der Waals surface area contributed by atoms with Gasteiger partial charge in [-0.3, -0.25) is 10.1 Å². The van der Waals surface area contributed by atoms with Gasteiger partial charge in [-0.25, -0.2) is 0 Å². The highest BCUT2D eigenvalue weighted by atomic mass is 16.4. The smallest absolute Gasteiger partial charge is 0.325 e. The molecule has 0 saturated carbocycles. The Bertz CT molecular complexity index is 624. The standard InChI is InChI=1S/C18H19NO2/c20-18(21)17(14-7-2-1-3-8-14)19-16-11-10-13-6-4-5-9-15(13)12-16/h1-9,16-17,19H,10-12H2,(H,20,21).